The lowest BCUT2D eigenvalue weighted by Gasteiger charge is -2.06. The largest absolute Gasteiger partial charge is 0.480 e. The molecule has 0 aliphatic heterocycles. The Morgan fingerprint density at radius 2 is 2.00 bits per heavy atom. The normalized spacial score (nSPS) is 10.1. The number of carboxylic acid groups (broad SMARTS) is 2. The van der Waals surface area contributed by atoms with Gasteiger partial charge in [0.1, 0.15) is 6.61 Å². The number of hydrogen-bond acceptors (Lipinski definition) is 3. The van der Waals surface area contributed by atoms with Gasteiger partial charge >= 0.3 is 11.9 Å². The zero-order valence-electron chi connectivity index (χ0n) is 8.77. The summed E-state index contributed by atoms with van der Waals surface area (Å²) in [6.45, 7) is 1.33. The van der Waals surface area contributed by atoms with E-state index in [1.165, 1.54) is 6.07 Å². The minimum atomic E-state index is -1.08. The van der Waals surface area contributed by atoms with Gasteiger partial charge in [0, 0.05) is 0 Å². The van der Waals surface area contributed by atoms with Gasteiger partial charge in [-0.05, 0) is 18.6 Å². The summed E-state index contributed by atoms with van der Waals surface area (Å²) in [5.74, 6) is -2.12. The van der Waals surface area contributed by atoms with Gasteiger partial charge < -0.3 is 14.9 Å². The van der Waals surface area contributed by atoms with Crippen molar-refractivity contribution in [1.82, 2.24) is 0 Å². The molecule has 0 aliphatic carbocycles. The topological polar surface area (TPSA) is 83.8 Å². The number of aryl methyl sites for hydroxylation is 1. The van der Waals surface area contributed by atoms with E-state index in [1.807, 2.05) is 0 Å². The van der Waals surface area contributed by atoms with Crippen molar-refractivity contribution in [2.45, 2.75) is 13.5 Å². The minimum Gasteiger partial charge on any atom is -0.480 e. The number of benzene rings is 1. The molecule has 0 amide bonds. The standard InChI is InChI=1S/C11H12O5/c1-7-2-3-8(5-16-6-10(12)13)9(4-7)11(14)15/h2-4H,5-6H2,1H3,(H,12,13)(H,14,15). The van der Waals surface area contributed by atoms with Crippen molar-refractivity contribution in [2.75, 3.05) is 6.61 Å². The molecule has 5 heteroatoms. The van der Waals surface area contributed by atoms with Gasteiger partial charge in [0.15, 0.2) is 0 Å². The van der Waals surface area contributed by atoms with Gasteiger partial charge in [0.05, 0.1) is 12.2 Å². The summed E-state index contributed by atoms with van der Waals surface area (Å²) < 4.78 is 4.85. The van der Waals surface area contributed by atoms with Crippen molar-refractivity contribution < 1.29 is 24.5 Å². The van der Waals surface area contributed by atoms with Crippen LogP contribution in [0.25, 0.3) is 0 Å². The maximum Gasteiger partial charge on any atom is 0.336 e. The SMILES string of the molecule is Cc1ccc(COCC(=O)O)c(C(=O)O)c1. The number of carboxylic acids is 2. The van der Waals surface area contributed by atoms with Gasteiger partial charge in [-0.15, -0.1) is 0 Å². The van der Waals surface area contributed by atoms with Crippen LogP contribution in [0.4, 0.5) is 0 Å². The highest BCUT2D eigenvalue weighted by Gasteiger charge is 2.10. The molecule has 1 aromatic rings. The molecule has 0 heterocycles. The van der Waals surface area contributed by atoms with Crippen LogP contribution in [-0.2, 0) is 16.1 Å². The van der Waals surface area contributed by atoms with Crippen LogP contribution < -0.4 is 0 Å². The predicted octanol–water partition coefficient (Wildman–Crippen LogP) is 1.29. The maximum absolute atomic E-state index is 10.9. The van der Waals surface area contributed by atoms with Crippen LogP contribution in [0.15, 0.2) is 18.2 Å². The smallest absolute Gasteiger partial charge is 0.336 e. The van der Waals surface area contributed by atoms with Gasteiger partial charge in [-0.2, -0.15) is 0 Å². The second-order valence-corrected chi connectivity index (χ2v) is 3.35. The van der Waals surface area contributed by atoms with Gasteiger partial charge in [0.2, 0.25) is 0 Å². The molecule has 0 radical (unpaired) electrons. The van der Waals surface area contributed by atoms with E-state index >= 15 is 0 Å². The number of rotatable bonds is 5. The summed E-state index contributed by atoms with van der Waals surface area (Å²) >= 11 is 0. The van der Waals surface area contributed by atoms with Crippen LogP contribution in [0.2, 0.25) is 0 Å². The number of aromatic carboxylic acids is 1. The first-order valence-corrected chi connectivity index (χ1v) is 4.63. The summed E-state index contributed by atoms with van der Waals surface area (Å²) in [7, 11) is 0. The Kier molecular flexibility index (Phi) is 4.02. The van der Waals surface area contributed by atoms with Crippen molar-refractivity contribution in [3.8, 4) is 0 Å². The van der Waals surface area contributed by atoms with Crippen molar-refractivity contribution >= 4 is 11.9 Å². The fraction of sp³-hybridized carbons (Fsp3) is 0.273. The molecule has 0 fully saturated rings. The van der Waals surface area contributed by atoms with Gasteiger partial charge in [0.25, 0.3) is 0 Å². The quantitative estimate of drug-likeness (QED) is 0.787. The van der Waals surface area contributed by atoms with Crippen molar-refractivity contribution in [3.05, 3.63) is 34.9 Å². The summed E-state index contributed by atoms with van der Waals surface area (Å²) in [4.78, 5) is 21.1. The molecule has 0 aliphatic rings. The molecule has 0 aromatic heterocycles. The number of carbonyl (C=O) groups is 2. The highest BCUT2D eigenvalue weighted by Crippen LogP contribution is 2.13. The molecule has 0 unspecified atom stereocenters. The minimum absolute atomic E-state index is 0.0196. The van der Waals surface area contributed by atoms with Gasteiger partial charge in [-0.3, -0.25) is 0 Å². The fourth-order valence-corrected chi connectivity index (χ4v) is 1.26. The summed E-state index contributed by atoms with van der Waals surface area (Å²) in [6, 6.07) is 4.91. The molecule has 0 bridgehead atoms. The van der Waals surface area contributed by atoms with Crippen LogP contribution in [0, 0.1) is 6.92 Å². The Morgan fingerprint density at radius 1 is 1.31 bits per heavy atom. The van der Waals surface area contributed by atoms with Gasteiger partial charge in [-0.25, -0.2) is 9.59 Å². The third-order valence-electron chi connectivity index (χ3n) is 1.98. The van der Waals surface area contributed by atoms with E-state index in [2.05, 4.69) is 0 Å². The van der Waals surface area contributed by atoms with Crippen LogP contribution in [0.1, 0.15) is 21.5 Å². The molecule has 86 valence electrons. The Labute approximate surface area is 92.3 Å². The van der Waals surface area contributed by atoms with Crippen LogP contribution in [0.3, 0.4) is 0 Å². The van der Waals surface area contributed by atoms with Gasteiger partial charge in [-0.1, -0.05) is 17.7 Å². The second-order valence-electron chi connectivity index (χ2n) is 3.35. The molecule has 1 aromatic carbocycles. The molecule has 0 saturated carbocycles. The highest BCUT2D eigenvalue weighted by atomic mass is 16.5. The maximum atomic E-state index is 10.9. The third kappa shape index (κ3) is 3.36. The molecule has 2 N–H and O–H groups in total. The summed E-state index contributed by atoms with van der Waals surface area (Å²) in [5.41, 5.74) is 1.45. The molecule has 0 atom stereocenters. The molecular formula is C11H12O5. The predicted molar refractivity (Wildman–Crippen MR) is 55.4 cm³/mol. The van der Waals surface area contributed by atoms with E-state index in [9.17, 15) is 9.59 Å². The zero-order valence-corrected chi connectivity index (χ0v) is 8.77. The van der Waals surface area contributed by atoms with E-state index in [0.29, 0.717) is 5.56 Å². The molecule has 16 heavy (non-hydrogen) atoms. The third-order valence-corrected chi connectivity index (χ3v) is 1.98. The second kappa shape index (κ2) is 5.27. The van der Waals surface area contributed by atoms with Crippen molar-refractivity contribution in [1.29, 1.82) is 0 Å². The average molecular weight is 224 g/mol. The zero-order chi connectivity index (χ0) is 12.1. The van der Waals surface area contributed by atoms with E-state index in [-0.39, 0.29) is 12.2 Å². The Hall–Kier alpha value is -1.88. The number of ether oxygens (including phenoxy) is 1. The molecule has 1 rings (SSSR count). The van der Waals surface area contributed by atoms with Crippen molar-refractivity contribution in [3.63, 3.8) is 0 Å². The Bertz CT molecular complexity index is 411. The molecule has 0 spiro atoms. The van der Waals surface area contributed by atoms with Crippen molar-refractivity contribution in [2.24, 2.45) is 0 Å². The lowest BCUT2D eigenvalue weighted by atomic mass is 10.1. The molecule has 5 nitrogen and oxygen atoms in total. The van der Waals surface area contributed by atoms with E-state index in [1.54, 1.807) is 19.1 Å². The van der Waals surface area contributed by atoms with Crippen LogP contribution >= 0.6 is 0 Å². The first-order chi connectivity index (χ1) is 7.50. The summed E-state index contributed by atoms with van der Waals surface area (Å²) in [5, 5.41) is 17.3. The monoisotopic (exact) mass is 224 g/mol. The molecular weight excluding hydrogens is 212 g/mol. The Morgan fingerprint density at radius 3 is 2.56 bits per heavy atom. The lowest BCUT2D eigenvalue weighted by molar-refractivity contribution is -0.142. The number of aliphatic carboxylic acids is 1. The van der Waals surface area contributed by atoms with E-state index < -0.39 is 18.5 Å². The summed E-state index contributed by atoms with van der Waals surface area (Å²) in [6.07, 6.45) is 0. The lowest BCUT2D eigenvalue weighted by Crippen LogP contribution is -2.09. The van der Waals surface area contributed by atoms with Crippen LogP contribution in [-0.4, -0.2) is 28.8 Å². The Balaban J connectivity index is 2.78. The fourth-order valence-electron chi connectivity index (χ4n) is 1.26. The van der Waals surface area contributed by atoms with E-state index in [4.69, 9.17) is 14.9 Å². The number of hydrogen-bond donors (Lipinski definition) is 2. The highest BCUT2D eigenvalue weighted by molar-refractivity contribution is 5.89. The first-order valence-electron chi connectivity index (χ1n) is 4.63. The molecule has 0 saturated heterocycles. The van der Waals surface area contributed by atoms with Crippen LogP contribution in [0.5, 0.6) is 0 Å². The van der Waals surface area contributed by atoms with E-state index in [0.717, 1.165) is 5.56 Å². The average Bonchev–Trinajstić information content (AvgIpc) is 2.19. The first kappa shape index (κ1) is 12.2.